The molecule has 1 atom stereocenters. The maximum atomic E-state index is 6.08. The predicted molar refractivity (Wildman–Crippen MR) is 83.7 cm³/mol. The van der Waals surface area contributed by atoms with Gasteiger partial charge in [0.25, 0.3) is 0 Å². The van der Waals surface area contributed by atoms with Crippen LogP contribution < -0.4 is 5.73 Å². The summed E-state index contributed by atoms with van der Waals surface area (Å²) in [4.78, 5) is 3.75. The molecule has 102 valence electrons. The minimum atomic E-state index is 0.214. The summed E-state index contributed by atoms with van der Waals surface area (Å²) in [6, 6.07) is 12.5. The largest absolute Gasteiger partial charge is 0.329 e. The smallest absolute Gasteiger partial charge is 0.0474 e. The number of benzene rings is 1. The van der Waals surface area contributed by atoms with E-state index in [0.717, 1.165) is 18.1 Å². The highest BCUT2D eigenvalue weighted by molar-refractivity contribution is 7.09. The molecule has 2 rings (SSSR count). The Morgan fingerprint density at radius 3 is 2.74 bits per heavy atom. The molecule has 4 heteroatoms. The van der Waals surface area contributed by atoms with Gasteiger partial charge in [-0.2, -0.15) is 0 Å². The first-order valence-corrected chi connectivity index (χ1v) is 7.72. The summed E-state index contributed by atoms with van der Waals surface area (Å²) >= 11 is 7.86. The molecule has 0 aliphatic heterocycles. The maximum Gasteiger partial charge on any atom is 0.0474 e. The van der Waals surface area contributed by atoms with Crippen LogP contribution in [0.25, 0.3) is 0 Å². The number of likely N-dealkylation sites (N-methyl/N-ethyl adjacent to an activating group) is 1. The molecule has 1 aromatic carbocycles. The number of thiophene rings is 1. The summed E-state index contributed by atoms with van der Waals surface area (Å²) in [6.07, 6.45) is 0. The van der Waals surface area contributed by atoms with E-state index in [1.165, 1.54) is 10.4 Å². The predicted octanol–water partition coefficient (Wildman–Crippen LogP) is 3.92. The van der Waals surface area contributed by atoms with Gasteiger partial charge in [-0.1, -0.05) is 36.7 Å². The molecule has 2 aromatic rings. The van der Waals surface area contributed by atoms with Gasteiger partial charge in [0.05, 0.1) is 0 Å². The first-order chi connectivity index (χ1) is 9.24. The average molecular weight is 295 g/mol. The van der Waals surface area contributed by atoms with Crippen LogP contribution in [0.2, 0.25) is 5.02 Å². The summed E-state index contributed by atoms with van der Waals surface area (Å²) in [5.74, 6) is 0. The van der Waals surface area contributed by atoms with Gasteiger partial charge in [0.2, 0.25) is 0 Å². The highest BCUT2D eigenvalue weighted by Crippen LogP contribution is 2.25. The van der Waals surface area contributed by atoms with Crippen LogP contribution in [-0.4, -0.2) is 18.0 Å². The monoisotopic (exact) mass is 294 g/mol. The molecule has 0 aliphatic carbocycles. The molecular formula is C15H19ClN2S. The van der Waals surface area contributed by atoms with Crippen LogP contribution in [0.15, 0.2) is 41.8 Å². The second kappa shape index (κ2) is 7.06. The maximum absolute atomic E-state index is 6.08. The molecule has 0 amide bonds. The van der Waals surface area contributed by atoms with Crippen LogP contribution in [0, 0.1) is 0 Å². The molecule has 0 bridgehead atoms. The lowest BCUT2D eigenvalue weighted by atomic mass is 10.1. The zero-order valence-corrected chi connectivity index (χ0v) is 12.6. The summed E-state index contributed by atoms with van der Waals surface area (Å²) < 4.78 is 0. The Kier molecular flexibility index (Phi) is 5.40. The third kappa shape index (κ3) is 3.80. The second-order valence-corrected chi connectivity index (χ2v) is 5.92. The normalized spacial score (nSPS) is 12.8. The van der Waals surface area contributed by atoms with Crippen molar-refractivity contribution in [3.8, 4) is 0 Å². The number of hydrogen-bond donors (Lipinski definition) is 1. The van der Waals surface area contributed by atoms with Crippen molar-refractivity contribution < 1.29 is 0 Å². The fraction of sp³-hybridized carbons (Fsp3) is 0.333. The Hall–Kier alpha value is -0.870. The van der Waals surface area contributed by atoms with Gasteiger partial charge in [0.1, 0.15) is 0 Å². The van der Waals surface area contributed by atoms with Crippen LogP contribution in [0.4, 0.5) is 0 Å². The van der Waals surface area contributed by atoms with Crippen molar-refractivity contribution in [1.29, 1.82) is 0 Å². The lowest BCUT2D eigenvalue weighted by molar-refractivity contribution is 0.205. The molecule has 0 fully saturated rings. The third-order valence-electron chi connectivity index (χ3n) is 3.24. The number of nitrogens with zero attached hydrogens (tertiary/aromatic N) is 1. The van der Waals surface area contributed by atoms with Crippen molar-refractivity contribution in [3.05, 3.63) is 57.2 Å². The van der Waals surface area contributed by atoms with Gasteiger partial charge in [-0.3, -0.25) is 4.90 Å². The van der Waals surface area contributed by atoms with E-state index in [9.17, 15) is 0 Å². The van der Waals surface area contributed by atoms with Crippen LogP contribution in [0.1, 0.15) is 23.4 Å². The average Bonchev–Trinajstić information content (AvgIpc) is 2.91. The Bertz CT molecular complexity index is 499. The molecule has 1 aromatic heterocycles. The van der Waals surface area contributed by atoms with Gasteiger partial charge in [-0.05, 0) is 35.7 Å². The molecule has 1 heterocycles. The van der Waals surface area contributed by atoms with Crippen LogP contribution >= 0.6 is 22.9 Å². The molecule has 0 aliphatic rings. The lowest BCUT2D eigenvalue weighted by Crippen LogP contribution is -2.33. The van der Waals surface area contributed by atoms with Gasteiger partial charge in [0.15, 0.2) is 0 Å². The minimum Gasteiger partial charge on any atom is -0.329 e. The van der Waals surface area contributed by atoms with Gasteiger partial charge < -0.3 is 5.73 Å². The number of rotatable bonds is 6. The summed E-state index contributed by atoms with van der Waals surface area (Å²) in [5.41, 5.74) is 7.17. The Morgan fingerprint density at radius 1 is 1.32 bits per heavy atom. The van der Waals surface area contributed by atoms with E-state index in [1.54, 1.807) is 11.3 Å². The molecule has 2 nitrogen and oxygen atoms in total. The van der Waals surface area contributed by atoms with Crippen LogP contribution in [0.5, 0.6) is 0 Å². The van der Waals surface area contributed by atoms with E-state index in [-0.39, 0.29) is 6.04 Å². The topological polar surface area (TPSA) is 29.3 Å². The Balaban J connectivity index is 2.18. The van der Waals surface area contributed by atoms with E-state index in [1.807, 2.05) is 18.2 Å². The lowest BCUT2D eigenvalue weighted by Gasteiger charge is -2.30. The van der Waals surface area contributed by atoms with Gasteiger partial charge in [-0.25, -0.2) is 0 Å². The van der Waals surface area contributed by atoms with Gasteiger partial charge in [-0.15, -0.1) is 11.3 Å². The fourth-order valence-corrected chi connectivity index (χ4v) is 3.18. The van der Waals surface area contributed by atoms with Crippen molar-refractivity contribution in [3.63, 3.8) is 0 Å². The summed E-state index contributed by atoms with van der Waals surface area (Å²) in [7, 11) is 0. The Morgan fingerprint density at radius 2 is 2.16 bits per heavy atom. The van der Waals surface area contributed by atoms with Gasteiger partial charge >= 0.3 is 0 Å². The SMILES string of the molecule is CCN(Cc1cccs1)C(CN)c1cccc(Cl)c1. The Labute approximate surface area is 123 Å². The molecule has 0 saturated heterocycles. The van der Waals surface area contributed by atoms with E-state index in [2.05, 4.69) is 35.4 Å². The summed E-state index contributed by atoms with van der Waals surface area (Å²) in [6.45, 7) is 4.66. The van der Waals surface area contributed by atoms with Crippen molar-refractivity contribution in [2.75, 3.05) is 13.1 Å². The first-order valence-electron chi connectivity index (χ1n) is 6.46. The summed E-state index contributed by atoms with van der Waals surface area (Å²) in [5, 5.41) is 2.88. The zero-order chi connectivity index (χ0) is 13.7. The zero-order valence-electron chi connectivity index (χ0n) is 11.1. The standard InChI is InChI=1S/C15H19ClN2S/c1-2-18(11-14-7-4-8-19-14)15(10-17)12-5-3-6-13(16)9-12/h3-9,15H,2,10-11,17H2,1H3. The van der Waals surface area contributed by atoms with Crippen molar-refractivity contribution in [2.24, 2.45) is 5.73 Å². The fourth-order valence-electron chi connectivity index (χ4n) is 2.25. The highest BCUT2D eigenvalue weighted by atomic mass is 35.5. The molecule has 0 spiro atoms. The molecule has 2 N–H and O–H groups in total. The molecule has 19 heavy (non-hydrogen) atoms. The van der Waals surface area contributed by atoms with E-state index in [0.29, 0.717) is 6.54 Å². The van der Waals surface area contributed by atoms with E-state index in [4.69, 9.17) is 17.3 Å². The van der Waals surface area contributed by atoms with Crippen molar-refractivity contribution >= 4 is 22.9 Å². The second-order valence-electron chi connectivity index (χ2n) is 4.45. The van der Waals surface area contributed by atoms with Crippen molar-refractivity contribution in [2.45, 2.75) is 19.5 Å². The van der Waals surface area contributed by atoms with Crippen LogP contribution in [-0.2, 0) is 6.54 Å². The van der Waals surface area contributed by atoms with Crippen LogP contribution in [0.3, 0.4) is 0 Å². The number of hydrogen-bond acceptors (Lipinski definition) is 3. The number of halogens is 1. The third-order valence-corrected chi connectivity index (χ3v) is 4.34. The van der Waals surface area contributed by atoms with Gasteiger partial charge in [0, 0.05) is 29.0 Å². The minimum absolute atomic E-state index is 0.214. The first kappa shape index (κ1) is 14.5. The quantitative estimate of drug-likeness (QED) is 0.875. The van der Waals surface area contributed by atoms with E-state index >= 15 is 0 Å². The molecule has 0 radical (unpaired) electrons. The highest BCUT2D eigenvalue weighted by Gasteiger charge is 2.18. The molecule has 1 unspecified atom stereocenters. The molecule has 0 saturated carbocycles. The van der Waals surface area contributed by atoms with E-state index < -0.39 is 0 Å². The van der Waals surface area contributed by atoms with Crippen molar-refractivity contribution in [1.82, 2.24) is 4.90 Å². The molecular weight excluding hydrogens is 276 g/mol. The number of nitrogens with two attached hydrogens (primary N) is 1.